The minimum atomic E-state index is -0.435. The Kier molecular flexibility index (Phi) is 4.17. The number of anilines is 1. The normalized spacial score (nSPS) is 11.9. The van der Waals surface area contributed by atoms with E-state index in [4.69, 9.17) is 10.5 Å². The second-order valence-electron chi connectivity index (χ2n) is 3.73. The van der Waals surface area contributed by atoms with E-state index in [0.717, 1.165) is 12.1 Å². The van der Waals surface area contributed by atoms with Crippen LogP contribution in [0.5, 0.6) is 5.75 Å². The molecule has 88 valence electrons. The Bertz CT molecular complexity index is 377. The molecule has 1 amide bonds. The third kappa shape index (κ3) is 2.89. The standard InChI is InChI=1S/C12H18N2O2/c1-4-8(2)14-10-7-9(12(13)15)5-6-11(10)16-3/h5-8,14H,4H2,1-3H3,(H2,13,15). The molecule has 1 aromatic carbocycles. The van der Waals surface area contributed by atoms with Gasteiger partial charge in [0.1, 0.15) is 5.75 Å². The molecule has 0 saturated heterocycles. The van der Waals surface area contributed by atoms with Gasteiger partial charge in [0.15, 0.2) is 0 Å². The van der Waals surface area contributed by atoms with Crippen LogP contribution in [0.2, 0.25) is 0 Å². The van der Waals surface area contributed by atoms with Crippen LogP contribution in [-0.2, 0) is 0 Å². The lowest BCUT2D eigenvalue weighted by Gasteiger charge is -2.16. The van der Waals surface area contributed by atoms with E-state index in [1.54, 1.807) is 25.3 Å². The van der Waals surface area contributed by atoms with Gasteiger partial charge >= 0.3 is 0 Å². The van der Waals surface area contributed by atoms with Gasteiger partial charge in [0, 0.05) is 11.6 Å². The number of carbonyl (C=O) groups excluding carboxylic acids is 1. The Morgan fingerprint density at radius 2 is 2.25 bits per heavy atom. The lowest BCUT2D eigenvalue weighted by Crippen LogP contribution is -2.16. The van der Waals surface area contributed by atoms with Gasteiger partial charge < -0.3 is 15.8 Å². The summed E-state index contributed by atoms with van der Waals surface area (Å²) >= 11 is 0. The zero-order valence-corrected chi connectivity index (χ0v) is 9.91. The quantitative estimate of drug-likeness (QED) is 0.801. The summed E-state index contributed by atoms with van der Waals surface area (Å²) in [5, 5.41) is 3.27. The number of hydrogen-bond acceptors (Lipinski definition) is 3. The number of amides is 1. The van der Waals surface area contributed by atoms with E-state index in [0.29, 0.717) is 17.4 Å². The molecule has 1 rings (SSSR count). The highest BCUT2D eigenvalue weighted by Crippen LogP contribution is 2.26. The fourth-order valence-electron chi connectivity index (χ4n) is 1.34. The molecule has 0 aliphatic carbocycles. The van der Waals surface area contributed by atoms with Crippen molar-refractivity contribution in [2.75, 3.05) is 12.4 Å². The zero-order chi connectivity index (χ0) is 12.1. The summed E-state index contributed by atoms with van der Waals surface area (Å²) in [6, 6.07) is 5.43. The molecule has 0 saturated carbocycles. The lowest BCUT2D eigenvalue weighted by molar-refractivity contribution is 0.100. The Balaban J connectivity index is 3.02. The molecule has 0 aromatic heterocycles. The van der Waals surface area contributed by atoms with E-state index in [2.05, 4.69) is 19.2 Å². The molecular formula is C12H18N2O2. The Labute approximate surface area is 95.8 Å². The summed E-state index contributed by atoms with van der Waals surface area (Å²) < 4.78 is 5.21. The van der Waals surface area contributed by atoms with E-state index >= 15 is 0 Å². The largest absolute Gasteiger partial charge is 0.495 e. The van der Waals surface area contributed by atoms with Crippen LogP contribution in [-0.4, -0.2) is 19.1 Å². The molecular weight excluding hydrogens is 204 g/mol. The molecule has 1 aromatic rings. The van der Waals surface area contributed by atoms with E-state index < -0.39 is 5.91 Å². The van der Waals surface area contributed by atoms with Gasteiger partial charge in [0.25, 0.3) is 0 Å². The van der Waals surface area contributed by atoms with Gasteiger partial charge in [-0.05, 0) is 31.5 Å². The fourth-order valence-corrected chi connectivity index (χ4v) is 1.34. The van der Waals surface area contributed by atoms with Crippen molar-refractivity contribution in [3.8, 4) is 5.75 Å². The fraction of sp³-hybridized carbons (Fsp3) is 0.417. The van der Waals surface area contributed by atoms with Crippen LogP contribution in [0.4, 0.5) is 5.69 Å². The van der Waals surface area contributed by atoms with Gasteiger partial charge in [0.2, 0.25) is 5.91 Å². The monoisotopic (exact) mass is 222 g/mol. The summed E-state index contributed by atoms with van der Waals surface area (Å²) in [4.78, 5) is 11.1. The molecule has 0 spiro atoms. The van der Waals surface area contributed by atoms with Crippen molar-refractivity contribution < 1.29 is 9.53 Å². The van der Waals surface area contributed by atoms with Crippen molar-refractivity contribution in [2.24, 2.45) is 5.73 Å². The Morgan fingerprint density at radius 3 is 2.75 bits per heavy atom. The molecule has 4 nitrogen and oxygen atoms in total. The number of hydrogen-bond donors (Lipinski definition) is 2. The second-order valence-corrected chi connectivity index (χ2v) is 3.73. The van der Waals surface area contributed by atoms with Gasteiger partial charge in [-0.25, -0.2) is 0 Å². The number of benzene rings is 1. The SMILES string of the molecule is CCC(C)Nc1cc(C(N)=O)ccc1OC. The Morgan fingerprint density at radius 1 is 1.56 bits per heavy atom. The number of nitrogens with two attached hydrogens (primary N) is 1. The van der Waals surface area contributed by atoms with Gasteiger partial charge in [-0.1, -0.05) is 6.92 Å². The highest BCUT2D eigenvalue weighted by molar-refractivity contribution is 5.94. The van der Waals surface area contributed by atoms with Gasteiger partial charge in [0.05, 0.1) is 12.8 Å². The van der Waals surface area contributed by atoms with Crippen molar-refractivity contribution in [2.45, 2.75) is 26.3 Å². The van der Waals surface area contributed by atoms with Crippen LogP contribution in [0.25, 0.3) is 0 Å². The first-order valence-electron chi connectivity index (χ1n) is 5.32. The van der Waals surface area contributed by atoms with Crippen molar-refractivity contribution in [3.63, 3.8) is 0 Å². The lowest BCUT2D eigenvalue weighted by atomic mass is 10.1. The third-order valence-electron chi connectivity index (χ3n) is 2.50. The van der Waals surface area contributed by atoms with Crippen LogP contribution in [0.1, 0.15) is 30.6 Å². The van der Waals surface area contributed by atoms with Crippen LogP contribution in [0, 0.1) is 0 Å². The van der Waals surface area contributed by atoms with E-state index in [9.17, 15) is 4.79 Å². The minimum absolute atomic E-state index is 0.317. The van der Waals surface area contributed by atoms with E-state index in [1.165, 1.54) is 0 Å². The summed E-state index contributed by atoms with van der Waals surface area (Å²) in [6.07, 6.45) is 0.990. The second kappa shape index (κ2) is 5.39. The number of ether oxygens (including phenoxy) is 1. The molecule has 3 N–H and O–H groups in total. The number of methoxy groups -OCH3 is 1. The maximum atomic E-state index is 11.1. The average Bonchev–Trinajstić information content (AvgIpc) is 2.28. The molecule has 1 atom stereocenters. The predicted octanol–water partition coefficient (Wildman–Crippen LogP) is 2.00. The summed E-state index contributed by atoms with van der Waals surface area (Å²) in [5.74, 6) is 0.278. The van der Waals surface area contributed by atoms with Crippen LogP contribution >= 0.6 is 0 Å². The van der Waals surface area contributed by atoms with Gasteiger partial charge in [-0.3, -0.25) is 4.79 Å². The van der Waals surface area contributed by atoms with Crippen molar-refractivity contribution in [1.82, 2.24) is 0 Å². The molecule has 0 heterocycles. The highest BCUT2D eigenvalue weighted by Gasteiger charge is 2.09. The summed E-state index contributed by atoms with van der Waals surface area (Å²) in [6.45, 7) is 4.15. The molecule has 16 heavy (non-hydrogen) atoms. The maximum Gasteiger partial charge on any atom is 0.248 e. The summed E-state index contributed by atoms with van der Waals surface area (Å²) in [7, 11) is 1.60. The maximum absolute atomic E-state index is 11.1. The molecule has 0 aliphatic rings. The number of nitrogens with one attached hydrogen (secondary N) is 1. The average molecular weight is 222 g/mol. The molecule has 1 unspecified atom stereocenters. The highest BCUT2D eigenvalue weighted by atomic mass is 16.5. The molecule has 4 heteroatoms. The molecule has 0 aliphatic heterocycles. The molecule has 0 bridgehead atoms. The minimum Gasteiger partial charge on any atom is -0.495 e. The zero-order valence-electron chi connectivity index (χ0n) is 9.91. The molecule has 0 fully saturated rings. The van der Waals surface area contributed by atoms with Crippen LogP contribution < -0.4 is 15.8 Å². The topological polar surface area (TPSA) is 64.3 Å². The van der Waals surface area contributed by atoms with Crippen LogP contribution in [0.3, 0.4) is 0 Å². The van der Waals surface area contributed by atoms with E-state index in [-0.39, 0.29) is 0 Å². The first kappa shape index (κ1) is 12.4. The summed E-state index contributed by atoms with van der Waals surface area (Å²) in [5.41, 5.74) is 6.51. The van der Waals surface area contributed by atoms with Crippen LogP contribution in [0.15, 0.2) is 18.2 Å². The van der Waals surface area contributed by atoms with Gasteiger partial charge in [-0.15, -0.1) is 0 Å². The Hall–Kier alpha value is -1.71. The smallest absolute Gasteiger partial charge is 0.248 e. The van der Waals surface area contributed by atoms with Crippen molar-refractivity contribution in [3.05, 3.63) is 23.8 Å². The first-order chi connectivity index (χ1) is 7.58. The molecule has 0 radical (unpaired) electrons. The van der Waals surface area contributed by atoms with Crippen molar-refractivity contribution >= 4 is 11.6 Å². The predicted molar refractivity (Wildman–Crippen MR) is 64.9 cm³/mol. The third-order valence-corrected chi connectivity index (χ3v) is 2.50. The first-order valence-corrected chi connectivity index (χ1v) is 5.32. The number of primary amides is 1. The van der Waals surface area contributed by atoms with Crippen molar-refractivity contribution in [1.29, 1.82) is 0 Å². The van der Waals surface area contributed by atoms with E-state index in [1.807, 2.05) is 0 Å². The number of rotatable bonds is 5. The van der Waals surface area contributed by atoms with Gasteiger partial charge in [-0.2, -0.15) is 0 Å². The number of carbonyl (C=O) groups is 1.